The summed E-state index contributed by atoms with van der Waals surface area (Å²) in [4.78, 5) is 0. The number of rotatable bonds is 10. The van der Waals surface area contributed by atoms with E-state index in [9.17, 15) is 0 Å². The second-order valence-corrected chi connectivity index (χ2v) is 6.23. The van der Waals surface area contributed by atoms with Gasteiger partial charge in [-0.15, -0.1) is 0 Å². The Labute approximate surface area is 146 Å². The van der Waals surface area contributed by atoms with Crippen LogP contribution >= 0.6 is 0 Å². The van der Waals surface area contributed by atoms with Crippen LogP contribution in [0.1, 0.15) is 44.7 Å². The molecule has 0 atom stereocenters. The number of benzene rings is 2. The highest BCUT2D eigenvalue weighted by Crippen LogP contribution is 2.19. The minimum absolute atomic E-state index is 0.558. The molecular formula is C22H30O2. The monoisotopic (exact) mass is 326 g/mol. The molecule has 2 heteroatoms. The molecule has 0 radical (unpaired) electrons. The van der Waals surface area contributed by atoms with Gasteiger partial charge in [0.15, 0.2) is 0 Å². The quantitative estimate of drug-likeness (QED) is 0.522. The van der Waals surface area contributed by atoms with Gasteiger partial charge in [0, 0.05) is 0 Å². The van der Waals surface area contributed by atoms with E-state index < -0.39 is 0 Å². The van der Waals surface area contributed by atoms with Gasteiger partial charge < -0.3 is 9.47 Å². The molecule has 0 N–H and O–H groups in total. The van der Waals surface area contributed by atoms with E-state index in [4.69, 9.17) is 9.47 Å². The second kappa shape index (κ2) is 10.0. The van der Waals surface area contributed by atoms with Crippen LogP contribution in [0.3, 0.4) is 0 Å². The lowest BCUT2D eigenvalue weighted by molar-refractivity contribution is 0.217. The van der Waals surface area contributed by atoms with Gasteiger partial charge in [-0.3, -0.25) is 0 Å². The number of hydrogen-bond acceptors (Lipinski definition) is 2. The third-order valence-electron chi connectivity index (χ3n) is 4.53. The molecule has 0 saturated heterocycles. The highest BCUT2D eigenvalue weighted by atomic mass is 16.5. The lowest BCUT2D eigenvalue weighted by Crippen LogP contribution is -2.09. The molecule has 2 aromatic carbocycles. The first-order valence-electron chi connectivity index (χ1n) is 9.18. The van der Waals surface area contributed by atoms with Crippen molar-refractivity contribution in [2.24, 2.45) is 5.92 Å². The lowest BCUT2D eigenvalue weighted by Gasteiger charge is -2.13. The summed E-state index contributed by atoms with van der Waals surface area (Å²) in [5.74, 6) is 2.61. The van der Waals surface area contributed by atoms with Crippen LogP contribution < -0.4 is 9.47 Å². The van der Waals surface area contributed by atoms with Gasteiger partial charge >= 0.3 is 0 Å². The van der Waals surface area contributed by atoms with Gasteiger partial charge in [0.2, 0.25) is 0 Å². The average Bonchev–Trinajstić information content (AvgIpc) is 2.64. The summed E-state index contributed by atoms with van der Waals surface area (Å²) in [6.45, 7) is 7.80. The largest absolute Gasteiger partial charge is 0.490 e. The summed E-state index contributed by atoms with van der Waals surface area (Å²) in [7, 11) is 0. The molecule has 0 fully saturated rings. The van der Waals surface area contributed by atoms with Crippen molar-refractivity contribution < 1.29 is 9.47 Å². The first kappa shape index (κ1) is 18.4. The Morgan fingerprint density at radius 2 is 1.42 bits per heavy atom. The Bertz CT molecular complexity index is 585. The third-order valence-corrected chi connectivity index (χ3v) is 4.53. The molecule has 0 bridgehead atoms. The van der Waals surface area contributed by atoms with Crippen molar-refractivity contribution in [1.82, 2.24) is 0 Å². The summed E-state index contributed by atoms with van der Waals surface area (Å²) in [6.07, 6.45) is 4.66. The molecule has 2 nitrogen and oxygen atoms in total. The van der Waals surface area contributed by atoms with Gasteiger partial charge in [-0.1, -0.05) is 57.9 Å². The van der Waals surface area contributed by atoms with E-state index in [-0.39, 0.29) is 0 Å². The van der Waals surface area contributed by atoms with Crippen LogP contribution in [0.15, 0.2) is 48.5 Å². The Morgan fingerprint density at radius 3 is 2.04 bits per heavy atom. The van der Waals surface area contributed by atoms with E-state index in [1.54, 1.807) is 0 Å². The summed E-state index contributed by atoms with van der Waals surface area (Å²) < 4.78 is 11.5. The van der Waals surface area contributed by atoms with Gasteiger partial charge in [-0.2, -0.15) is 0 Å². The van der Waals surface area contributed by atoms with Crippen LogP contribution in [-0.4, -0.2) is 13.2 Å². The number of aryl methyl sites for hydroxylation is 1. The first-order chi connectivity index (χ1) is 11.7. The molecule has 2 aromatic rings. The molecule has 0 aliphatic heterocycles. The van der Waals surface area contributed by atoms with Crippen molar-refractivity contribution in [3.63, 3.8) is 0 Å². The molecule has 0 spiro atoms. The Balaban J connectivity index is 1.74. The molecule has 0 unspecified atom stereocenters. The molecule has 0 heterocycles. The fourth-order valence-corrected chi connectivity index (χ4v) is 2.81. The molecule has 2 rings (SSSR count). The van der Waals surface area contributed by atoms with E-state index in [2.05, 4.69) is 57.2 Å². The second-order valence-electron chi connectivity index (χ2n) is 6.23. The summed E-state index contributed by atoms with van der Waals surface area (Å²) in [5.41, 5.74) is 2.69. The minimum atomic E-state index is 0.558. The topological polar surface area (TPSA) is 18.5 Å². The highest BCUT2D eigenvalue weighted by molar-refractivity contribution is 5.29. The van der Waals surface area contributed by atoms with Crippen molar-refractivity contribution in [1.29, 1.82) is 0 Å². The minimum Gasteiger partial charge on any atom is -0.490 e. The standard InChI is InChI=1S/C22H30O2/c1-4-18(5-2)16-20-10-12-21(13-11-20)23-14-15-24-22-9-7-8-19(6-3)17-22/h7-13,17-18H,4-6,14-16H2,1-3H3. The summed E-state index contributed by atoms with van der Waals surface area (Å²) in [6, 6.07) is 16.7. The van der Waals surface area contributed by atoms with Gasteiger partial charge in [0.05, 0.1) is 0 Å². The van der Waals surface area contributed by atoms with Gasteiger partial charge in [0.1, 0.15) is 24.7 Å². The van der Waals surface area contributed by atoms with Crippen molar-refractivity contribution >= 4 is 0 Å². The van der Waals surface area contributed by atoms with Crippen LogP contribution in [0.4, 0.5) is 0 Å². The van der Waals surface area contributed by atoms with Crippen molar-refractivity contribution in [2.75, 3.05) is 13.2 Å². The lowest BCUT2D eigenvalue weighted by atomic mass is 9.95. The fourth-order valence-electron chi connectivity index (χ4n) is 2.81. The van der Waals surface area contributed by atoms with Crippen LogP contribution in [-0.2, 0) is 12.8 Å². The molecule has 0 aliphatic rings. The van der Waals surface area contributed by atoms with Crippen molar-refractivity contribution in [3.8, 4) is 11.5 Å². The number of ether oxygens (including phenoxy) is 2. The zero-order valence-electron chi connectivity index (χ0n) is 15.3. The zero-order valence-corrected chi connectivity index (χ0v) is 15.3. The van der Waals surface area contributed by atoms with Gasteiger partial charge in [-0.05, 0) is 54.2 Å². The predicted molar refractivity (Wildman–Crippen MR) is 101 cm³/mol. The normalized spacial score (nSPS) is 10.8. The number of hydrogen-bond donors (Lipinski definition) is 0. The Kier molecular flexibility index (Phi) is 7.67. The van der Waals surface area contributed by atoms with E-state index in [0.29, 0.717) is 13.2 Å². The molecular weight excluding hydrogens is 296 g/mol. The van der Waals surface area contributed by atoms with Crippen LogP contribution in [0.2, 0.25) is 0 Å². The van der Waals surface area contributed by atoms with Crippen LogP contribution in [0, 0.1) is 5.92 Å². The zero-order chi connectivity index (χ0) is 17.2. The molecule has 0 aromatic heterocycles. The smallest absolute Gasteiger partial charge is 0.122 e. The molecule has 0 aliphatic carbocycles. The van der Waals surface area contributed by atoms with E-state index in [1.165, 1.54) is 24.0 Å². The van der Waals surface area contributed by atoms with Crippen molar-refractivity contribution in [2.45, 2.75) is 46.5 Å². The van der Waals surface area contributed by atoms with E-state index in [1.807, 2.05) is 12.1 Å². The Hall–Kier alpha value is -1.96. The van der Waals surface area contributed by atoms with Crippen LogP contribution in [0.5, 0.6) is 11.5 Å². The first-order valence-corrected chi connectivity index (χ1v) is 9.18. The maximum atomic E-state index is 5.77. The molecule has 24 heavy (non-hydrogen) atoms. The maximum Gasteiger partial charge on any atom is 0.122 e. The van der Waals surface area contributed by atoms with Gasteiger partial charge in [0.25, 0.3) is 0 Å². The molecule has 130 valence electrons. The Morgan fingerprint density at radius 1 is 0.750 bits per heavy atom. The maximum absolute atomic E-state index is 5.77. The van der Waals surface area contributed by atoms with Crippen LogP contribution in [0.25, 0.3) is 0 Å². The SMILES string of the molecule is CCc1cccc(OCCOc2ccc(CC(CC)CC)cc2)c1. The highest BCUT2D eigenvalue weighted by Gasteiger charge is 2.05. The van der Waals surface area contributed by atoms with E-state index >= 15 is 0 Å². The molecule has 0 saturated carbocycles. The predicted octanol–water partition coefficient (Wildman–Crippen LogP) is 5.69. The summed E-state index contributed by atoms with van der Waals surface area (Å²) in [5, 5.41) is 0. The molecule has 0 amide bonds. The van der Waals surface area contributed by atoms with E-state index in [0.717, 1.165) is 30.3 Å². The fraction of sp³-hybridized carbons (Fsp3) is 0.455. The summed E-state index contributed by atoms with van der Waals surface area (Å²) >= 11 is 0. The van der Waals surface area contributed by atoms with Crippen molar-refractivity contribution in [3.05, 3.63) is 59.7 Å². The third kappa shape index (κ3) is 5.92. The average molecular weight is 326 g/mol. The van der Waals surface area contributed by atoms with Gasteiger partial charge in [-0.25, -0.2) is 0 Å².